The molecule has 0 heterocycles. The zero-order valence-electron chi connectivity index (χ0n) is 12.9. The van der Waals surface area contributed by atoms with Crippen molar-refractivity contribution in [1.82, 2.24) is 0 Å². The van der Waals surface area contributed by atoms with Crippen LogP contribution in [-0.4, -0.2) is 27.1 Å². The fourth-order valence-electron chi connectivity index (χ4n) is 2.17. The second-order valence-electron chi connectivity index (χ2n) is 5.37. The molecule has 0 spiro atoms. The second-order valence-corrected chi connectivity index (χ2v) is 5.37. The van der Waals surface area contributed by atoms with Crippen LogP contribution in [0.3, 0.4) is 0 Å². The number of rotatable bonds is 3. The van der Waals surface area contributed by atoms with Crippen LogP contribution in [0.25, 0.3) is 0 Å². The van der Waals surface area contributed by atoms with Crippen LogP contribution in [0.4, 0.5) is 17.1 Å². The fourth-order valence-corrected chi connectivity index (χ4v) is 2.17. The summed E-state index contributed by atoms with van der Waals surface area (Å²) in [5.74, 6) is -0.0733. The first kappa shape index (κ1) is 14.9. The first-order chi connectivity index (χ1) is 9.90. The number of benzene rings is 2. The fraction of sp³-hybridized carbons (Fsp3) is 0.235. The van der Waals surface area contributed by atoms with Gasteiger partial charge < -0.3 is 15.5 Å². The van der Waals surface area contributed by atoms with E-state index in [-0.39, 0.29) is 5.91 Å². The predicted octanol–water partition coefficient (Wildman–Crippen LogP) is 2.92. The van der Waals surface area contributed by atoms with Gasteiger partial charge in [-0.1, -0.05) is 17.7 Å². The van der Waals surface area contributed by atoms with Crippen molar-refractivity contribution in [2.45, 2.75) is 6.92 Å². The molecule has 0 aromatic heterocycles. The highest BCUT2D eigenvalue weighted by atomic mass is 16.2. The van der Waals surface area contributed by atoms with Gasteiger partial charge in [-0.05, 0) is 37.3 Å². The minimum absolute atomic E-state index is 0.0733. The van der Waals surface area contributed by atoms with Gasteiger partial charge in [-0.2, -0.15) is 0 Å². The lowest BCUT2D eigenvalue weighted by atomic mass is 10.1. The first-order valence-electron chi connectivity index (χ1n) is 6.81. The Bertz CT molecular complexity index is 648. The van der Waals surface area contributed by atoms with Crippen LogP contribution in [0.2, 0.25) is 0 Å². The Labute approximate surface area is 125 Å². The monoisotopic (exact) mass is 283 g/mol. The third-order valence-electron chi connectivity index (χ3n) is 3.48. The predicted molar refractivity (Wildman–Crippen MR) is 89.1 cm³/mol. The number of aryl methyl sites for hydroxylation is 1. The minimum atomic E-state index is -0.0733. The number of nitrogens with two attached hydrogens (primary N) is 1. The van der Waals surface area contributed by atoms with Gasteiger partial charge in [0.1, 0.15) is 0 Å². The molecule has 1 amide bonds. The third kappa shape index (κ3) is 3.16. The molecule has 0 radical (unpaired) electrons. The average Bonchev–Trinajstić information content (AvgIpc) is 2.46. The largest absolute Gasteiger partial charge is 0.397 e. The van der Waals surface area contributed by atoms with E-state index in [1.165, 1.54) is 5.56 Å². The molecule has 0 bridgehead atoms. The third-order valence-corrected chi connectivity index (χ3v) is 3.48. The Morgan fingerprint density at radius 2 is 1.62 bits per heavy atom. The number of amides is 1. The molecule has 0 saturated carbocycles. The van der Waals surface area contributed by atoms with E-state index < -0.39 is 0 Å². The van der Waals surface area contributed by atoms with E-state index >= 15 is 0 Å². The lowest BCUT2D eigenvalue weighted by molar-refractivity contribution is 0.0993. The van der Waals surface area contributed by atoms with Crippen molar-refractivity contribution in [3.8, 4) is 0 Å². The molecule has 0 fully saturated rings. The molecule has 21 heavy (non-hydrogen) atoms. The number of hydrogen-bond acceptors (Lipinski definition) is 3. The van der Waals surface area contributed by atoms with Crippen molar-refractivity contribution in [3.63, 3.8) is 0 Å². The summed E-state index contributed by atoms with van der Waals surface area (Å²) in [4.78, 5) is 16.1. The zero-order chi connectivity index (χ0) is 15.6. The number of anilines is 3. The standard InChI is InChI=1S/C17H21N3O/c1-12-5-8-14(9-6-12)20(4)17(21)13-7-10-16(19(2)3)15(18)11-13/h5-11H,18H2,1-4H3. The smallest absolute Gasteiger partial charge is 0.258 e. The van der Waals surface area contributed by atoms with Crippen molar-refractivity contribution in [2.75, 3.05) is 36.7 Å². The van der Waals surface area contributed by atoms with Gasteiger partial charge in [0.2, 0.25) is 0 Å². The molecule has 4 nitrogen and oxygen atoms in total. The number of hydrogen-bond donors (Lipinski definition) is 1. The summed E-state index contributed by atoms with van der Waals surface area (Å²) in [6, 6.07) is 13.2. The first-order valence-corrected chi connectivity index (χ1v) is 6.81. The van der Waals surface area contributed by atoms with Crippen molar-refractivity contribution >= 4 is 23.0 Å². The Morgan fingerprint density at radius 1 is 1.00 bits per heavy atom. The lowest BCUT2D eigenvalue weighted by Gasteiger charge is -2.20. The van der Waals surface area contributed by atoms with Crippen LogP contribution in [0.5, 0.6) is 0 Å². The summed E-state index contributed by atoms with van der Waals surface area (Å²) in [5.41, 5.74) is 10.1. The van der Waals surface area contributed by atoms with Gasteiger partial charge in [0, 0.05) is 32.4 Å². The van der Waals surface area contributed by atoms with E-state index in [1.54, 1.807) is 24.1 Å². The maximum absolute atomic E-state index is 12.5. The highest BCUT2D eigenvalue weighted by Crippen LogP contribution is 2.24. The Hall–Kier alpha value is -2.49. The summed E-state index contributed by atoms with van der Waals surface area (Å²) in [6.45, 7) is 2.02. The second kappa shape index (κ2) is 5.87. The van der Waals surface area contributed by atoms with Gasteiger partial charge in [0.15, 0.2) is 0 Å². The molecule has 0 aliphatic carbocycles. The molecule has 2 rings (SSSR count). The minimum Gasteiger partial charge on any atom is -0.397 e. The van der Waals surface area contributed by atoms with E-state index in [9.17, 15) is 4.79 Å². The van der Waals surface area contributed by atoms with E-state index in [1.807, 2.05) is 56.3 Å². The van der Waals surface area contributed by atoms with Gasteiger partial charge in [-0.25, -0.2) is 0 Å². The molecule has 0 aliphatic heterocycles. The van der Waals surface area contributed by atoms with Crippen LogP contribution >= 0.6 is 0 Å². The molecule has 110 valence electrons. The molecule has 4 heteroatoms. The highest BCUT2D eigenvalue weighted by Gasteiger charge is 2.15. The van der Waals surface area contributed by atoms with Crippen molar-refractivity contribution in [3.05, 3.63) is 53.6 Å². The van der Waals surface area contributed by atoms with Gasteiger partial charge in [0.25, 0.3) is 5.91 Å². The zero-order valence-corrected chi connectivity index (χ0v) is 12.9. The summed E-state index contributed by atoms with van der Waals surface area (Å²) >= 11 is 0. The Morgan fingerprint density at radius 3 is 2.14 bits per heavy atom. The van der Waals surface area contributed by atoms with Gasteiger partial charge >= 0.3 is 0 Å². The molecule has 0 unspecified atom stereocenters. The molecule has 2 N–H and O–H groups in total. The molecule has 2 aromatic rings. The number of carbonyl (C=O) groups is 1. The number of nitrogen functional groups attached to an aromatic ring is 1. The Balaban J connectivity index is 2.27. The van der Waals surface area contributed by atoms with Crippen LogP contribution in [0.1, 0.15) is 15.9 Å². The normalized spacial score (nSPS) is 10.3. The number of carbonyl (C=O) groups excluding carboxylic acids is 1. The topological polar surface area (TPSA) is 49.6 Å². The highest BCUT2D eigenvalue weighted by molar-refractivity contribution is 6.06. The molecular weight excluding hydrogens is 262 g/mol. The van der Waals surface area contributed by atoms with Gasteiger partial charge in [-0.15, -0.1) is 0 Å². The summed E-state index contributed by atoms with van der Waals surface area (Å²) in [5, 5.41) is 0. The van der Waals surface area contributed by atoms with Crippen molar-refractivity contribution in [1.29, 1.82) is 0 Å². The van der Waals surface area contributed by atoms with Crippen LogP contribution in [0.15, 0.2) is 42.5 Å². The quantitative estimate of drug-likeness (QED) is 0.881. The molecular formula is C17H21N3O. The SMILES string of the molecule is Cc1ccc(N(C)C(=O)c2ccc(N(C)C)c(N)c2)cc1. The van der Waals surface area contributed by atoms with E-state index in [0.29, 0.717) is 11.3 Å². The molecule has 0 saturated heterocycles. The number of nitrogens with zero attached hydrogens (tertiary/aromatic N) is 2. The lowest BCUT2D eigenvalue weighted by Crippen LogP contribution is -2.26. The summed E-state index contributed by atoms with van der Waals surface area (Å²) in [6.07, 6.45) is 0. The van der Waals surface area contributed by atoms with E-state index in [2.05, 4.69) is 0 Å². The summed E-state index contributed by atoms with van der Waals surface area (Å²) in [7, 11) is 5.61. The molecule has 2 aromatic carbocycles. The molecule has 0 atom stereocenters. The van der Waals surface area contributed by atoms with Crippen molar-refractivity contribution in [2.24, 2.45) is 0 Å². The van der Waals surface area contributed by atoms with Crippen molar-refractivity contribution < 1.29 is 4.79 Å². The van der Waals surface area contributed by atoms with Gasteiger partial charge in [0.05, 0.1) is 11.4 Å². The van der Waals surface area contributed by atoms with Crippen LogP contribution in [0, 0.1) is 6.92 Å². The maximum Gasteiger partial charge on any atom is 0.258 e. The van der Waals surface area contributed by atoms with E-state index in [0.717, 1.165) is 11.4 Å². The van der Waals surface area contributed by atoms with Crippen LogP contribution < -0.4 is 15.5 Å². The van der Waals surface area contributed by atoms with Gasteiger partial charge in [-0.3, -0.25) is 4.79 Å². The van der Waals surface area contributed by atoms with E-state index in [4.69, 9.17) is 5.73 Å². The average molecular weight is 283 g/mol. The molecule has 0 aliphatic rings. The van der Waals surface area contributed by atoms with Crippen LogP contribution in [-0.2, 0) is 0 Å². The Kier molecular flexibility index (Phi) is 4.17. The maximum atomic E-state index is 12.5. The summed E-state index contributed by atoms with van der Waals surface area (Å²) < 4.78 is 0.